The van der Waals surface area contributed by atoms with Gasteiger partial charge in [-0.2, -0.15) is 10.5 Å². The number of aromatic nitrogens is 1. The molecular formula is C26H21N5O4S. The number of thioether (sulfide) groups is 1. The molecule has 0 aliphatic carbocycles. The third-order valence-corrected chi connectivity index (χ3v) is 5.84. The van der Waals surface area contributed by atoms with Crippen LogP contribution in [0.15, 0.2) is 84.0 Å². The Balaban J connectivity index is 1.65. The zero-order valence-corrected chi connectivity index (χ0v) is 19.9. The molecule has 36 heavy (non-hydrogen) atoms. The summed E-state index contributed by atoms with van der Waals surface area (Å²) in [5.74, 6) is -1.74. The number of carbonyl (C=O) groups is 3. The third-order valence-electron chi connectivity index (χ3n) is 4.85. The average Bonchev–Trinajstić information content (AvgIpc) is 2.93. The minimum atomic E-state index is -0.784. The number of para-hydroxylation sites is 2. The standard InChI is InChI=1S/C26H21N5O4S/c27-13-16-30(20-8-3-1-4-9-20)23(32)18-35-26(34)22-12-7-15-29-25(22)36-19-24(33)31(17-14-28)21-10-5-2-6-11-21/h1-12,15H,16-19H2. The first-order valence-corrected chi connectivity index (χ1v) is 11.7. The summed E-state index contributed by atoms with van der Waals surface area (Å²) in [7, 11) is 0. The van der Waals surface area contributed by atoms with Crippen molar-refractivity contribution in [2.24, 2.45) is 0 Å². The minimum Gasteiger partial charge on any atom is -0.452 e. The monoisotopic (exact) mass is 499 g/mol. The van der Waals surface area contributed by atoms with Crippen molar-refractivity contribution >= 4 is 40.9 Å². The Bertz CT molecular complexity index is 1290. The number of anilines is 2. The molecule has 0 aliphatic heterocycles. The van der Waals surface area contributed by atoms with E-state index in [1.54, 1.807) is 60.7 Å². The second-order valence-electron chi connectivity index (χ2n) is 7.17. The van der Waals surface area contributed by atoms with Crippen LogP contribution in [0.3, 0.4) is 0 Å². The zero-order chi connectivity index (χ0) is 25.8. The van der Waals surface area contributed by atoms with Crippen molar-refractivity contribution in [2.45, 2.75) is 5.03 Å². The van der Waals surface area contributed by atoms with E-state index in [2.05, 4.69) is 4.98 Å². The summed E-state index contributed by atoms with van der Waals surface area (Å²) in [6.45, 7) is -0.891. The van der Waals surface area contributed by atoms with Gasteiger partial charge in [0, 0.05) is 17.6 Å². The van der Waals surface area contributed by atoms with Crippen molar-refractivity contribution in [3.05, 3.63) is 84.6 Å². The molecule has 0 saturated carbocycles. The fraction of sp³-hybridized carbons (Fsp3) is 0.154. The summed E-state index contributed by atoms with van der Waals surface area (Å²) in [6.07, 6.45) is 1.48. The van der Waals surface area contributed by atoms with E-state index in [4.69, 9.17) is 15.3 Å². The first-order valence-electron chi connectivity index (χ1n) is 10.7. The highest BCUT2D eigenvalue weighted by Crippen LogP contribution is 2.23. The molecule has 3 rings (SSSR count). The van der Waals surface area contributed by atoms with Gasteiger partial charge in [-0.1, -0.05) is 48.2 Å². The van der Waals surface area contributed by atoms with Gasteiger partial charge in [-0.05, 0) is 36.4 Å². The van der Waals surface area contributed by atoms with Crippen LogP contribution in [0.5, 0.6) is 0 Å². The molecule has 0 N–H and O–H groups in total. The molecule has 9 nitrogen and oxygen atoms in total. The Kier molecular flexibility index (Phi) is 9.57. The second-order valence-corrected chi connectivity index (χ2v) is 8.13. The number of amides is 2. The molecule has 0 bridgehead atoms. The molecule has 2 amide bonds. The summed E-state index contributed by atoms with van der Waals surface area (Å²) in [4.78, 5) is 44.9. The molecule has 3 aromatic rings. The molecule has 2 aromatic carbocycles. The van der Waals surface area contributed by atoms with Crippen LogP contribution in [-0.4, -0.2) is 48.2 Å². The van der Waals surface area contributed by atoms with Gasteiger partial charge < -0.3 is 4.74 Å². The van der Waals surface area contributed by atoms with E-state index in [9.17, 15) is 14.4 Å². The summed E-state index contributed by atoms with van der Waals surface area (Å²) >= 11 is 1.03. The number of esters is 1. The van der Waals surface area contributed by atoms with E-state index in [1.165, 1.54) is 22.1 Å². The second kappa shape index (κ2) is 13.3. The van der Waals surface area contributed by atoms with Gasteiger partial charge in [0.1, 0.15) is 18.1 Å². The lowest BCUT2D eigenvalue weighted by atomic mass is 10.3. The van der Waals surface area contributed by atoms with Crippen LogP contribution in [0.4, 0.5) is 11.4 Å². The lowest BCUT2D eigenvalue weighted by Crippen LogP contribution is -2.35. The molecule has 0 aliphatic rings. The number of hydrogen-bond donors (Lipinski definition) is 0. The predicted octanol–water partition coefficient (Wildman–Crippen LogP) is 3.44. The maximum absolute atomic E-state index is 12.8. The zero-order valence-electron chi connectivity index (χ0n) is 19.1. The highest BCUT2D eigenvalue weighted by molar-refractivity contribution is 8.00. The van der Waals surface area contributed by atoms with Crippen molar-refractivity contribution < 1.29 is 19.1 Å². The number of nitrogens with zero attached hydrogens (tertiary/aromatic N) is 5. The van der Waals surface area contributed by atoms with Crippen molar-refractivity contribution in [1.29, 1.82) is 10.5 Å². The summed E-state index contributed by atoms with van der Waals surface area (Å²) in [5.41, 5.74) is 1.20. The number of nitriles is 2. The predicted molar refractivity (Wildman–Crippen MR) is 134 cm³/mol. The number of rotatable bonds is 10. The quantitative estimate of drug-likeness (QED) is 0.236. The first-order chi connectivity index (χ1) is 17.5. The van der Waals surface area contributed by atoms with Gasteiger partial charge in [0.05, 0.1) is 23.5 Å². The molecule has 1 heterocycles. The van der Waals surface area contributed by atoms with Crippen molar-refractivity contribution in [3.63, 3.8) is 0 Å². The normalized spacial score (nSPS) is 9.94. The number of benzene rings is 2. The summed E-state index contributed by atoms with van der Waals surface area (Å²) in [6, 6.07) is 24.3. The van der Waals surface area contributed by atoms with Gasteiger partial charge in [-0.15, -0.1) is 0 Å². The molecule has 0 spiro atoms. The van der Waals surface area contributed by atoms with Crippen molar-refractivity contribution in [3.8, 4) is 12.1 Å². The Labute approximate surface area is 212 Å². The summed E-state index contributed by atoms with van der Waals surface area (Å²) < 4.78 is 5.21. The van der Waals surface area contributed by atoms with Crippen LogP contribution < -0.4 is 9.80 Å². The van der Waals surface area contributed by atoms with Crippen LogP contribution in [0, 0.1) is 22.7 Å². The van der Waals surface area contributed by atoms with Crippen LogP contribution >= 0.6 is 11.8 Å². The molecule has 180 valence electrons. The lowest BCUT2D eigenvalue weighted by Gasteiger charge is -2.20. The molecule has 0 saturated heterocycles. The molecule has 0 fully saturated rings. The maximum Gasteiger partial charge on any atom is 0.341 e. The highest BCUT2D eigenvalue weighted by atomic mass is 32.2. The number of carbonyl (C=O) groups excluding carboxylic acids is 3. The third kappa shape index (κ3) is 6.92. The first kappa shape index (κ1) is 25.9. The molecule has 0 unspecified atom stereocenters. The molecular weight excluding hydrogens is 478 g/mol. The van der Waals surface area contributed by atoms with Gasteiger partial charge in [-0.3, -0.25) is 19.4 Å². The van der Waals surface area contributed by atoms with Gasteiger partial charge in [0.15, 0.2) is 6.61 Å². The van der Waals surface area contributed by atoms with Crippen LogP contribution in [0.25, 0.3) is 0 Å². The SMILES string of the molecule is N#CCN(C(=O)COC(=O)c1cccnc1SCC(=O)N(CC#N)c1ccccc1)c1ccccc1. The Morgan fingerprint density at radius 1 is 0.806 bits per heavy atom. The number of hydrogen-bond acceptors (Lipinski definition) is 8. The highest BCUT2D eigenvalue weighted by Gasteiger charge is 2.22. The largest absolute Gasteiger partial charge is 0.452 e. The fourth-order valence-corrected chi connectivity index (χ4v) is 4.01. The van der Waals surface area contributed by atoms with E-state index >= 15 is 0 Å². The van der Waals surface area contributed by atoms with Crippen LogP contribution in [0.2, 0.25) is 0 Å². The Morgan fingerprint density at radius 2 is 1.36 bits per heavy atom. The van der Waals surface area contributed by atoms with Crippen LogP contribution in [0.1, 0.15) is 10.4 Å². The van der Waals surface area contributed by atoms with Gasteiger partial charge in [0.2, 0.25) is 5.91 Å². The van der Waals surface area contributed by atoms with E-state index < -0.39 is 18.5 Å². The molecule has 0 atom stereocenters. The van der Waals surface area contributed by atoms with E-state index in [1.807, 2.05) is 18.2 Å². The van der Waals surface area contributed by atoms with Crippen molar-refractivity contribution in [1.82, 2.24) is 4.98 Å². The lowest BCUT2D eigenvalue weighted by molar-refractivity contribution is -0.121. The van der Waals surface area contributed by atoms with E-state index in [-0.39, 0.29) is 35.3 Å². The fourth-order valence-electron chi connectivity index (χ4n) is 3.16. The van der Waals surface area contributed by atoms with Gasteiger partial charge in [-0.25, -0.2) is 9.78 Å². The molecule has 0 radical (unpaired) electrons. The topological polar surface area (TPSA) is 127 Å². The molecule has 1 aromatic heterocycles. The summed E-state index contributed by atoms with van der Waals surface area (Å²) in [5, 5.41) is 18.5. The van der Waals surface area contributed by atoms with Crippen LogP contribution in [-0.2, 0) is 14.3 Å². The molecule has 10 heteroatoms. The average molecular weight is 500 g/mol. The number of ether oxygens (including phenoxy) is 1. The maximum atomic E-state index is 12.8. The van der Waals surface area contributed by atoms with Gasteiger partial charge in [0.25, 0.3) is 5.91 Å². The Morgan fingerprint density at radius 3 is 1.92 bits per heavy atom. The smallest absolute Gasteiger partial charge is 0.341 e. The van der Waals surface area contributed by atoms with Crippen molar-refractivity contribution in [2.75, 3.05) is 35.2 Å². The Hall–Kier alpha value is -4.67. The van der Waals surface area contributed by atoms with Gasteiger partial charge >= 0.3 is 5.97 Å². The van der Waals surface area contributed by atoms with E-state index in [0.29, 0.717) is 11.4 Å². The number of pyridine rings is 1. The minimum absolute atomic E-state index is 0.0727. The van der Waals surface area contributed by atoms with E-state index in [0.717, 1.165) is 11.8 Å².